The molecule has 0 amide bonds. The predicted molar refractivity (Wildman–Crippen MR) is 238 cm³/mol. The molecule has 0 aromatic heterocycles. The first-order valence-electron chi connectivity index (χ1n) is 20.7. The van der Waals surface area contributed by atoms with E-state index in [1.807, 2.05) is 91.8 Å². The number of hydrogen-bond donors (Lipinski definition) is 6. The minimum absolute atomic E-state index is 0.00963. The summed E-state index contributed by atoms with van der Waals surface area (Å²) in [5.74, 6) is 2.25. The first-order valence-corrected chi connectivity index (χ1v) is 20.7. The fourth-order valence-electron chi connectivity index (χ4n) is 7.59. The quantitative estimate of drug-likeness (QED) is 0.158. The zero-order chi connectivity index (χ0) is 45.6. The molecule has 15 heteroatoms. The topological polar surface area (TPSA) is 174 Å². The van der Waals surface area contributed by atoms with E-state index in [9.17, 15) is 15.5 Å². The Balaban J connectivity index is 0.000000431. The molecule has 6 rings (SSSR count). The number of piperidine rings is 2. The van der Waals surface area contributed by atoms with Crippen LogP contribution in [-0.2, 0) is 23.5 Å². The molecule has 0 radical (unpaired) electrons. The van der Waals surface area contributed by atoms with Crippen molar-refractivity contribution in [2.24, 2.45) is 0 Å². The van der Waals surface area contributed by atoms with Crippen molar-refractivity contribution >= 4 is 25.2 Å². The maximum atomic E-state index is 10.4. The molecule has 6 N–H and O–H groups in total. The number of aliphatic hydroxyl groups is 2. The molecule has 2 atom stereocenters. The molecule has 2 aromatic carbocycles. The molecule has 2 unspecified atom stereocenters. The van der Waals surface area contributed by atoms with E-state index in [-0.39, 0.29) is 60.8 Å². The molecule has 4 aliphatic heterocycles. The van der Waals surface area contributed by atoms with Gasteiger partial charge >= 0.3 is 14.2 Å². The molecule has 60 heavy (non-hydrogen) atoms. The Morgan fingerprint density at radius 3 is 1.57 bits per heavy atom. The summed E-state index contributed by atoms with van der Waals surface area (Å²) in [6.45, 7) is 20.6. The smallest absolute Gasteiger partial charge is 0.423 e. The molecule has 13 nitrogen and oxygen atoms in total. The molecule has 0 spiro atoms. The van der Waals surface area contributed by atoms with Crippen molar-refractivity contribution in [1.82, 2.24) is 10.1 Å². The summed E-state index contributed by atoms with van der Waals surface area (Å²) < 4.78 is 28.4. The third kappa shape index (κ3) is 19.5. The van der Waals surface area contributed by atoms with Crippen molar-refractivity contribution in [1.29, 1.82) is 0 Å². The van der Waals surface area contributed by atoms with Crippen LogP contribution in [0.2, 0.25) is 0 Å². The number of aliphatic hydroxyl groups excluding tert-OH is 2. The van der Waals surface area contributed by atoms with Gasteiger partial charge < -0.3 is 54.2 Å². The van der Waals surface area contributed by atoms with Crippen LogP contribution in [0.3, 0.4) is 0 Å². The summed E-state index contributed by atoms with van der Waals surface area (Å²) in [4.78, 5) is 0. The van der Waals surface area contributed by atoms with Crippen LogP contribution in [-0.4, -0.2) is 141 Å². The van der Waals surface area contributed by atoms with Crippen LogP contribution < -0.4 is 10.9 Å². The van der Waals surface area contributed by atoms with E-state index in [2.05, 4.69) is 25.2 Å². The molecule has 2 aromatic rings. The van der Waals surface area contributed by atoms with Crippen molar-refractivity contribution in [3.05, 3.63) is 60.7 Å². The average Bonchev–Trinajstić information content (AvgIpc) is 3.96. The van der Waals surface area contributed by atoms with Crippen LogP contribution in [0, 0.1) is 25.2 Å². The number of benzene rings is 2. The molecular formula is C45H74B2N2O11. The van der Waals surface area contributed by atoms with E-state index >= 15 is 0 Å². The van der Waals surface area contributed by atoms with Crippen LogP contribution in [0.4, 0.5) is 0 Å². The van der Waals surface area contributed by atoms with Gasteiger partial charge in [-0.1, -0.05) is 60.7 Å². The number of hydrogen-bond acceptors (Lipinski definition) is 13. The Kier molecular flexibility index (Phi) is 25.1. The van der Waals surface area contributed by atoms with Crippen LogP contribution in [0.1, 0.15) is 101 Å². The van der Waals surface area contributed by atoms with E-state index in [1.165, 1.54) is 23.0 Å². The van der Waals surface area contributed by atoms with Gasteiger partial charge in [0.05, 0.1) is 44.7 Å². The van der Waals surface area contributed by atoms with Gasteiger partial charge in [0.25, 0.3) is 0 Å². The summed E-state index contributed by atoms with van der Waals surface area (Å²) in [6, 6.07) is 18.6. The van der Waals surface area contributed by atoms with E-state index in [4.69, 9.17) is 38.7 Å². The summed E-state index contributed by atoms with van der Waals surface area (Å²) >= 11 is 0. The van der Waals surface area contributed by atoms with Gasteiger partial charge in [-0.2, -0.15) is 10.1 Å². The number of hydroxylamine groups is 4. The Hall–Kier alpha value is -2.83. The fourth-order valence-corrected chi connectivity index (χ4v) is 7.59. The lowest BCUT2D eigenvalue weighted by atomic mass is 9.79. The third-order valence-electron chi connectivity index (χ3n) is 10.2. The third-order valence-corrected chi connectivity index (χ3v) is 10.2. The van der Waals surface area contributed by atoms with Gasteiger partial charge in [-0.05, 0) is 112 Å². The molecule has 4 aliphatic rings. The monoisotopic (exact) mass is 841 g/mol. The standard InChI is InChI=1S/C18H28BNO4.C12H25NO4.C6H7BO2.C4H8O.C3H4.C2H2/c1-17(2)10-15(11-18(3,4)20(17)21)22-12-16-13-23-19(24-16)14-8-6-5-7-9-14;1-11(2)5-10(17-8-9(15)7-14)6-12(3,4)13(11)16;8-7(9)6-4-2-1-3-5-6;1-2-4-5-3-1;1-3-2;1-2/h5-9,15-16,21H,10-13H2,1-4H3;9-10,14-16H,5-8H2,1-4H3;1-5,8-9H;1-4H2;1H,2H3;1-2H. The van der Waals surface area contributed by atoms with Gasteiger partial charge in [0.2, 0.25) is 0 Å². The maximum Gasteiger partial charge on any atom is 0.494 e. The summed E-state index contributed by atoms with van der Waals surface area (Å²) in [5.41, 5.74) is 0.263. The Morgan fingerprint density at radius 1 is 0.783 bits per heavy atom. The van der Waals surface area contributed by atoms with Gasteiger partial charge in [0.15, 0.2) is 0 Å². The zero-order valence-electron chi connectivity index (χ0n) is 37.6. The van der Waals surface area contributed by atoms with Crippen LogP contribution in [0.5, 0.6) is 0 Å². The highest BCUT2D eigenvalue weighted by molar-refractivity contribution is 6.61. The zero-order valence-corrected chi connectivity index (χ0v) is 37.6. The second-order valence-electron chi connectivity index (χ2n) is 17.7. The summed E-state index contributed by atoms with van der Waals surface area (Å²) in [7, 11) is -1.64. The highest BCUT2D eigenvalue weighted by Crippen LogP contribution is 2.39. The summed E-state index contributed by atoms with van der Waals surface area (Å²) in [5, 5.41) is 58.5. The van der Waals surface area contributed by atoms with Crippen molar-refractivity contribution < 1.29 is 54.2 Å². The molecule has 4 saturated heterocycles. The molecular weight excluding hydrogens is 766 g/mol. The molecule has 4 heterocycles. The second kappa shape index (κ2) is 27.3. The van der Waals surface area contributed by atoms with Crippen LogP contribution >= 0.6 is 0 Å². The first-order chi connectivity index (χ1) is 28.2. The Labute approximate surface area is 361 Å². The van der Waals surface area contributed by atoms with Crippen molar-refractivity contribution in [3.63, 3.8) is 0 Å². The number of ether oxygens (including phenoxy) is 3. The van der Waals surface area contributed by atoms with Crippen LogP contribution in [0.25, 0.3) is 0 Å². The number of terminal acetylenes is 2. The molecule has 0 aliphatic carbocycles. The highest BCUT2D eigenvalue weighted by Gasteiger charge is 2.47. The van der Waals surface area contributed by atoms with Crippen molar-refractivity contribution in [2.45, 2.75) is 147 Å². The maximum absolute atomic E-state index is 10.4. The lowest BCUT2D eigenvalue weighted by Crippen LogP contribution is -2.60. The largest absolute Gasteiger partial charge is 0.494 e. The van der Waals surface area contributed by atoms with E-state index in [0.29, 0.717) is 31.5 Å². The van der Waals surface area contributed by atoms with Gasteiger partial charge in [-0.3, -0.25) is 0 Å². The van der Waals surface area contributed by atoms with Crippen molar-refractivity contribution in [3.8, 4) is 25.2 Å². The molecule has 0 saturated carbocycles. The summed E-state index contributed by atoms with van der Waals surface area (Å²) in [6.07, 6.45) is 17.4. The molecule has 0 bridgehead atoms. The van der Waals surface area contributed by atoms with E-state index in [1.54, 1.807) is 31.2 Å². The lowest BCUT2D eigenvalue weighted by molar-refractivity contribution is -0.262. The Morgan fingerprint density at radius 2 is 1.20 bits per heavy atom. The molecule has 336 valence electrons. The van der Waals surface area contributed by atoms with Gasteiger partial charge in [-0.25, -0.2) is 0 Å². The van der Waals surface area contributed by atoms with Gasteiger partial charge in [-0.15, -0.1) is 25.2 Å². The van der Waals surface area contributed by atoms with Gasteiger partial charge in [0.1, 0.15) is 6.10 Å². The number of nitrogens with zero attached hydrogens (tertiary/aromatic N) is 2. The average molecular weight is 841 g/mol. The van der Waals surface area contributed by atoms with Crippen molar-refractivity contribution in [2.75, 3.05) is 39.6 Å². The van der Waals surface area contributed by atoms with Crippen LogP contribution in [0.15, 0.2) is 60.7 Å². The SMILES string of the molecule is C#C.C#CC.C1CCOC1.CC1(C)CC(OCC(O)CO)CC(C)(C)N1O.CC1(C)CC(OCC2COB(c3ccccc3)O2)CC(C)(C)N1O.OB(O)c1ccccc1. The normalized spacial score (nSPS) is 22.2. The van der Waals surface area contributed by atoms with E-state index < -0.39 is 13.2 Å². The minimum atomic E-state index is -1.34. The first kappa shape index (κ1) is 55.2. The van der Waals surface area contributed by atoms with E-state index in [0.717, 1.165) is 31.5 Å². The fraction of sp³-hybridized carbons (Fsp3) is 0.644. The predicted octanol–water partition coefficient (Wildman–Crippen LogP) is 4.04. The Bertz CT molecular complexity index is 1440. The highest BCUT2D eigenvalue weighted by atomic mass is 16.7. The lowest BCUT2D eigenvalue weighted by Gasteiger charge is -2.51. The minimum Gasteiger partial charge on any atom is -0.423 e. The second-order valence-corrected chi connectivity index (χ2v) is 17.7. The molecule has 4 fully saturated rings. The van der Waals surface area contributed by atoms with Gasteiger partial charge in [0, 0.05) is 35.4 Å². The number of rotatable bonds is 9.